The van der Waals surface area contributed by atoms with Crippen LogP contribution < -0.4 is 4.90 Å². The summed E-state index contributed by atoms with van der Waals surface area (Å²) in [5, 5.41) is 0.758. The van der Waals surface area contributed by atoms with Gasteiger partial charge in [-0.15, -0.1) is 0 Å². The molecule has 25 heavy (non-hydrogen) atoms. The van der Waals surface area contributed by atoms with Crippen LogP contribution in [-0.2, 0) is 6.54 Å². The van der Waals surface area contributed by atoms with Crippen LogP contribution in [0, 0.1) is 0 Å². The first-order chi connectivity index (χ1) is 12.2. The highest BCUT2D eigenvalue weighted by Crippen LogP contribution is 2.34. The minimum absolute atomic E-state index is 0.758. The van der Waals surface area contributed by atoms with E-state index in [-0.39, 0.29) is 0 Å². The van der Waals surface area contributed by atoms with E-state index in [1.165, 1.54) is 11.3 Å². The number of likely N-dealkylation sites (N-methyl/N-ethyl adjacent to an activating group) is 1. The van der Waals surface area contributed by atoms with Gasteiger partial charge in [0.25, 0.3) is 0 Å². The minimum Gasteiger partial charge on any atom is -0.340 e. The summed E-state index contributed by atoms with van der Waals surface area (Å²) < 4.78 is 0. The molecule has 0 fully saturated rings. The molecule has 4 rings (SSSR count). The van der Waals surface area contributed by atoms with Crippen molar-refractivity contribution in [3.63, 3.8) is 0 Å². The number of nitrogens with zero attached hydrogens (tertiary/aromatic N) is 4. The quantitative estimate of drug-likeness (QED) is 0.686. The molecule has 1 aliphatic rings. The third-order valence-corrected chi connectivity index (χ3v) is 4.77. The number of benzene rings is 2. The van der Waals surface area contributed by atoms with Crippen LogP contribution in [0.4, 0.5) is 11.4 Å². The van der Waals surface area contributed by atoms with E-state index in [1.54, 1.807) is 18.6 Å². The van der Waals surface area contributed by atoms with Crippen molar-refractivity contribution in [2.24, 2.45) is 0 Å². The molecule has 0 N–H and O–H groups in total. The number of rotatable bonds is 2. The zero-order valence-electron chi connectivity index (χ0n) is 14.1. The third kappa shape index (κ3) is 3.36. The summed E-state index contributed by atoms with van der Waals surface area (Å²) in [6.07, 6.45) is 5.23. The SMILES string of the molecule is CN1CCN(c2ccc(Cl)cc2)c2ccc(-c3cnccn3)cc2C1. The smallest absolute Gasteiger partial charge is 0.0885 e. The molecule has 1 aliphatic heterocycles. The number of hydrogen-bond donors (Lipinski definition) is 0. The van der Waals surface area contributed by atoms with Gasteiger partial charge in [0, 0.05) is 54.0 Å². The van der Waals surface area contributed by atoms with Gasteiger partial charge >= 0.3 is 0 Å². The average Bonchev–Trinajstić information content (AvgIpc) is 2.81. The maximum atomic E-state index is 6.06. The van der Waals surface area contributed by atoms with Gasteiger partial charge in [0.2, 0.25) is 0 Å². The van der Waals surface area contributed by atoms with Crippen LogP contribution in [-0.4, -0.2) is 35.0 Å². The molecule has 0 saturated carbocycles. The van der Waals surface area contributed by atoms with Crippen LogP contribution in [0.5, 0.6) is 0 Å². The molecular formula is C20H19ClN4. The fourth-order valence-electron chi connectivity index (χ4n) is 3.23. The lowest BCUT2D eigenvalue weighted by Crippen LogP contribution is -2.26. The maximum Gasteiger partial charge on any atom is 0.0885 e. The Bertz CT molecular complexity index is 865. The second-order valence-electron chi connectivity index (χ2n) is 6.30. The average molecular weight is 351 g/mol. The van der Waals surface area contributed by atoms with Gasteiger partial charge < -0.3 is 9.80 Å². The number of anilines is 2. The van der Waals surface area contributed by atoms with Crippen LogP contribution in [0.2, 0.25) is 5.02 Å². The standard InChI is InChI=1S/C20H19ClN4/c1-24-10-11-25(18-5-3-17(21)4-6-18)20-7-2-15(12-16(20)14-24)19-13-22-8-9-23-19/h2-9,12-13H,10-11,14H2,1H3. The fourth-order valence-corrected chi connectivity index (χ4v) is 3.36. The van der Waals surface area contributed by atoms with E-state index in [0.717, 1.165) is 41.6 Å². The zero-order valence-corrected chi connectivity index (χ0v) is 14.8. The lowest BCUT2D eigenvalue weighted by molar-refractivity contribution is 0.343. The second kappa shape index (κ2) is 6.82. The summed E-state index contributed by atoms with van der Waals surface area (Å²) in [5.74, 6) is 0. The Balaban J connectivity index is 1.78. The molecule has 5 heteroatoms. The van der Waals surface area contributed by atoms with Crippen molar-refractivity contribution in [2.75, 3.05) is 25.0 Å². The third-order valence-electron chi connectivity index (χ3n) is 4.51. The van der Waals surface area contributed by atoms with Crippen molar-refractivity contribution < 1.29 is 0 Å². The summed E-state index contributed by atoms with van der Waals surface area (Å²) in [5.41, 5.74) is 5.68. The summed E-state index contributed by atoms with van der Waals surface area (Å²) in [6.45, 7) is 2.85. The van der Waals surface area contributed by atoms with E-state index in [2.05, 4.69) is 57.1 Å². The van der Waals surface area contributed by atoms with E-state index in [9.17, 15) is 0 Å². The maximum absolute atomic E-state index is 6.06. The first-order valence-corrected chi connectivity index (χ1v) is 8.69. The van der Waals surface area contributed by atoms with Crippen LogP contribution in [0.15, 0.2) is 61.1 Å². The Morgan fingerprint density at radius 1 is 1.00 bits per heavy atom. The monoisotopic (exact) mass is 350 g/mol. The fraction of sp³-hybridized carbons (Fsp3) is 0.200. The number of halogens is 1. The molecule has 0 unspecified atom stereocenters. The van der Waals surface area contributed by atoms with Gasteiger partial charge in [0.1, 0.15) is 0 Å². The van der Waals surface area contributed by atoms with Crippen molar-refractivity contribution >= 4 is 23.0 Å². The predicted octanol–water partition coefficient (Wildman–Crippen LogP) is 4.38. The van der Waals surface area contributed by atoms with Gasteiger partial charge in [0.05, 0.1) is 11.9 Å². The Morgan fingerprint density at radius 2 is 1.84 bits per heavy atom. The molecule has 2 heterocycles. The molecule has 126 valence electrons. The molecule has 2 aromatic carbocycles. The highest BCUT2D eigenvalue weighted by atomic mass is 35.5. The molecule has 0 aliphatic carbocycles. The summed E-state index contributed by atoms with van der Waals surface area (Å²) in [7, 11) is 2.16. The lowest BCUT2D eigenvalue weighted by Gasteiger charge is -2.25. The van der Waals surface area contributed by atoms with Gasteiger partial charge in [-0.05, 0) is 49.0 Å². The molecule has 0 spiro atoms. The Hall–Kier alpha value is -2.43. The lowest BCUT2D eigenvalue weighted by atomic mass is 10.0. The van der Waals surface area contributed by atoms with E-state index in [0.29, 0.717) is 0 Å². The Labute approximate surface area is 152 Å². The van der Waals surface area contributed by atoms with Gasteiger partial charge in [-0.1, -0.05) is 17.7 Å². The molecular weight excluding hydrogens is 332 g/mol. The van der Waals surface area contributed by atoms with Crippen molar-refractivity contribution in [2.45, 2.75) is 6.54 Å². The molecule has 3 aromatic rings. The number of fused-ring (bicyclic) bond motifs is 1. The summed E-state index contributed by atoms with van der Waals surface area (Å²) >= 11 is 6.06. The second-order valence-corrected chi connectivity index (χ2v) is 6.74. The highest BCUT2D eigenvalue weighted by Gasteiger charge is 2.20. The van der Waals surface area contributed by atoms with Gasteiger partial charge in [-0.25, -0.2) is 0 Å². The first-order valence-electron chi connectivity index (χ1n) is 8.32. The van der Waals surface area contributed by atoms with Gasteiger partial charge in [-0.3, -0.25) is 9.97 Å². The largest absolute Gasteiger partial charge is 0.340 e. The van der Waals surface area contributed by atoms with Gasteiger partial charge in [0.15, 0.2) is 0 Å². The molecule has 0 saturated heterocycles. The molecule has 0 atom stereocenters. The van der Waals surface area contributed by atoms with E-state index >= 15 is 0 Å². The van der Waals surface area contributed by atoms with Crippen LogP contribution in [0.1, 0.15) is 5.56 Å². The molecule has 1 aromatic heterocycles. The Morgan fingerprint density at radius 3 is 2.60 bits per heavy atom. The van der Waals surface area contributed by atoms with E-state index in [1.807, 2.05) is 12.1 Å². The van der Waals surface area contributed by atoms with Crippen LogP contribution in [0.3, 0.4) is 0 Å². The molecule has 0 radical (unpaired) electrons. The molecule has 0 amide bonds. The van der Waals surface area contributed by atoms with Crippen molar-refractivity contribution in [1.29, 1.82) is 0 Å². The summed E-state index contributed by atoms with van der Waals surface area (Å²) in [6, 6.07) is 14.6. The van der Waals surface area contributed by atoms with E-state index in [4.69, 9.17) is 11.6 Å². The van der Waals surface area contributed by atoms with Crippen LogP contribution >= 0.6 is 11.6 Å². The summed E-state index contributed by atoms with van der Waals surface area (Å²) in [4.78, 5) is 13.3. The Kier molecular flexibility index (Phi) is 4.38. The predicted molar refractivity (Wildman–Crippen MR) is 102 cm³/mol. The van der Waals surface area contributed by atoms with Crippen molar-refractivity contribution in [3.8, 4) is 11.3 Å². The van der Waals surface area contributed by atoms with Gasteiger partial charge in [-0.2, -0.15) is 0 Å². The zero-order chi connectivity index (χ0) is 17.2. The van der Waals surface area contributed by atoms with Crippen molar-refractivity contribution in [1.82, 2.24) is 14.9 Å². The minimum atomic E-state index is 0.758. The van der Waals surface area contributed by atoms with Crippen LogP contribution in [0.25, 0.3) is 11.3 Å². The van der Waals surface area contributed by atoms with E-state index < -0.39 is 0 Å². The number of aromatic nitrogens is 2. The number of hydrogen-bond acceptors (Lipinski definition) is 4. The van der Waals surface area contributed by atoms with Crippen molar-refractivity contribution in [3.05, 3.63) is 71.6 Å². The first kappa shape index (κ1) is 16.1. The molecule has 0 bridgehead atoms. The molecule has 4 nitrogen and oxygen atoms in total. The topological polar surface area (TPSA) is 32.3 Å². The normalized spacial score (nSPS) is 14.9. The highest BCUT2D eigenvalue weighted by molar-refractivity contribution is 6.30.